The third-order valence-corrected chi connectivity index (χ3v) is 3.98. The van der Waals surface area contributed by atoms with E-state index in [-0.39, 0.29) is 5.91 Å². The largest absolute Gasteiger partial charge is 0.387 e. The van der Waals surface area contributed by atoms with Crippen molar-refractivity contribution in [2.45, 2.75) is 40.5 Å². The Balaban J connectivity index is 2.98. The van der Waals surface area contributed by atoms with Crippen LogP contribution in [0.25, 0.3) is 0 Å². The summed E-state index contributed by atoms with van der Waals surface area (Å²) in [4.78, 5) is 14.7. The molecule has 0 heterocycles. The monoisotopic (exact) mass is 276 g/mol. The number of carbonyl (C=O) groups is 1. The minimum absolute atomic E-state index is 0.132. The lowest BCUT2D eigenvalue weighted by atomic mass is 10.0. The van der Waals surface area contributed by atoms with Crippen molar-refractivity contribution in [3.63, 3.8) is 0 Å². The summed E-state index contributed by atoms with van der Waals surface area (Å²) in [5, 5.41) is 3.12. The molecule has 1 aromatic carbocycles. The van der Waals surface area contributed by atoms with Crippen molar-refractivity contribution in [2.24, 2.45) is 5.92 Å². The van der Waals surface area contributed by atoms with E-state index in [0.29, 0.717) is 5.92 Å². The molecule has 0 fully saturated rings. The van der Waals surface area contributed by atoms with Crippen LogP contribution in [0.3, 0.4) is 0 Å². The molecule has 0 radical (unpaired) electrons. The van der Waals surface area contributed by atoms with Crippen molar-refractivity contribution < 1.29 is 4.79 Å². The van der Waals surface area contributed by atoms with Crippen LogP contribution in [0.1, 0.15) is 49.5 Å². The Bertz CT molecular complexity index is 439. The maximum atomic E-state index is 12.8. The molecule has 0 unspecified atom stereocenters. The van der Waals surface area contributed by atoms with Crippen LogP contribution in [0.15, 0.2) is 18.2 Å². The highest BCUT2D eigenvalue weighted by molar-refractivity contribution is 5.99. The molecule has 0 saturated carbocycles. The van der Waals surface area contributed by atoms with Crippen LogP contribution in [0, 0.1) is 12.8 Å². The van der Waals surface area contributed by atoms with Gasteiger partial charge in [-0.25, -0.2) is 0 Å². The zero-order chi connectivity index (χ0) is 15.1. The zero-order valence-corrected chi connectivity index (χ0v) is 13.5. The van der Waals surface area contributed by atoms with E-state index in [1.54, 1.807) is 0 Å². The fourth-order valence-electron chi connectivity index (χ4n) is 2.44. The minimum atomic E-state index is 0.132. The van der Waals surface area contributed by atoms with E-state index < -0.39 is 0 Å². The standard InChI is InChI=1S/C17H28N2O/c1-6-14(7-2)12-19(8-3)17(20)15-11-13(4)9-10-16(15)18-5/h9-11,14,18H,6-8,12H2,1-5H3. The Hall–Kier alpha value is -1.51. The van der Waals surface area contributed by atoms with E-state index in [9.17, 15) is 4.79 Å². The number of rotatable bonds is 7. The van der Waals surface area contributed by atoms with E-state index in [2.05, 4.69) is 26.1 Å². The normalized spacial score (nSPS) is 10.7. The molecule has 20 heavy (non-hydrogen) atoms. The second kappa shape index (κ2) is 7.93. The molecule has 0 saturated heterocycles. The van der Waals surface area contributed by atoms with E-state index in [1.165, 1.54) is 0 Å². The fourth-order valence-corrected chi connectivity index (χ4v) is 2.44. The minimum Gasteiger partial charge on any atom is -0.387 e. The molecule has 0 aliphatic rings. The lowest BCUT2D eigenvalue weighted by Gasteiger charge is -2.26. The lowest BCUT2D eigenvalue weighted by Crippen LogP contribution is -2.35. The van der Waals surface area contributed by atoms with Crippen LogP contribution in [-0.2, 0) is 0 Å². The van der Waals surface area contributed by atoms with Gasteiger partial charge in [0.1, 0.15) is 0 Å². The molecule has 0 spiro atoms. The summed E-state index contributed by atoms with van der Waals surface area (Å²) >= 11 is 0. The fraction of sp³-hybridized carbons (Fsp3) is 0.588. The predicted molar refractivity (Wildman–Crippen MR) is 86.4 cm³/mol. The molecule has 1 aromatic rings. The summed E-state index contributed by atoms with van der Waals surface area (Å²) in [7, 11) is 1.86. The molecule has 0 aromatic heterocycles. The highest BCUT2D eigenvalue weighted by Crippen LogP contribution is 2.20. The van der Waals surface area contributed by atoms with Crippen LogP contribution in [-0.4, -0.2) is 30.9 Å². The Labute approximate surface area is 123 Å². The molecule has 112 valence electrons. The third kappa shape index (κ3) is 3.99. The number of amides is 1. The average molecular weight is 276 g/mol. The van der Waals surface area contributed by atoms with Gasteiger partial charge in [0, 0.05) is 25.8 Å². The molecule has 0 bridgehead atoms. The number of anilines is 1. The molecule has 1 rings (SSSR count). The molecule has 0 aliphatic heterocycles. The second-order valence-electron chi connectivity index (χ2n) is 5.33. The number of hydrogen-bond acceptors (Lipinski definition) is 2. The zero-order valence-electron chi connectivity index (χ0n) is 13.5. The number of benzene rings is 1. The summed E-state index contributed by atoms with van der Waals surface area (Å²) in [6.45, 7) is 10.1. The van der Waals surface area contributed by atoms with Crippen molar-refractivity contribution in [3.8, 4) is 0 Å². The molecule has 0 aliphatic carbocycles. The first kappa shape index (κ1) is 16.5. The molecule has 1 N–H and O–H groups in total. The summed E-state index contributed by atoms with van der Waals surface area (Å²) in [6, 6.07) is 5.98. The van der Waals surface area contributed by atoms with Gasteiger partial charge in [0.05, 0.1) is 5.56 Å². The van der Waals surface area contributed by atoms with Gasteiger partial charge in [0.15, 0.2) is 0 Å². The van der Waals surface area contributed by atoms with E-state index >= 15 is 0 Å². The van der Waals surface area contributed by atoms with Crippen molar-refractivity contribution in [3.05, 3.63) is 29.3 Å². The van der Waals surface area contributed by atoms with Crippen LogP contribution in [0.4, 0.5) is 5.69 Å². The van der Waals surface area contributed by atoms with Gasteiger partial charge in [0.2, 0.25) is 0 Å². The number of carbonyl (C=O) groups excluding carboxylic acids is 1. The number of hydrogen-bond donors (Lipinski definition) is 1. The quantitative estimate of drug-likeness (QED) is 0.818. The van der Waals surface area contributed by atoms with Gasteiger partial charge in [-0.05, 0) is 31.9 Å². The Morgan fingerprint density at radius 3 is 2.40 bits per heavy atom. The first-order valence-corrected chi connectivity index (χ1v) is 7.64. The molecule has 1 amide bonds. The van der Waals surface area contributed by atoms with E-state index in [0.717, 1.165) is 42.7 Å². The van der Waals surface area contributed by atoms with Gasteiger partial charge >= 0.3 is 0 Å². The summed E-state index contributed by atoms with van der Waals surface area (Å²) in [6.07, 6.45) is 2.24. The van der Waals surface area contributed by atoms with Crippen LogP contribution >= 0.6 is 0 Å². The van der Waals surface area contributed by atoms with Crippen LogP contribution in [0.2, 0.25) is 0 Å². The Kier molecular flexibility index (Phi) is 6.56. The van der Waals surface area contributed by atoms with Crippen LogP contribution < -0.4 is 5.32 Å². The molecular weight excluding hydrogens is 248 g/mol. The highest BCUT2D eigenvalue weighted by atomic mass is 16.2. The SMILES string of the molecule is CCC(CC)CN(CC)C(=O)c1cc(C)ccc1NC. The van der Waals surface area contributed by atoms with Crippen molar-refractivity contribution in [2.75, 3.05) is 25.5 Å². The second-order valence-corrected chi connectivity index (χ2v) is 5.33. The number of nitrogens with one attached hydrogen (secondary N) is 1. The van der Waals surface area contributed by atoms with Crippen molar-refractivity contribution >= 4 is 11.6 Å². The predicted octanol–water partition coefficient (Wildman–Crippen LogP) is 3.94. The number of aryl methyl sites for hydroxylation is 1. The highest BCUT2D eigenvalue weighted by Gasteiger charge is 2.19. The first-order valence-electron chi connectivity index (χ1n) is 7.64. The molecule has 0 atom stereocenters. The molecule has 3 heteroatoms. The maximum Gasteiger partial charge on any atom is 0.255 e. The van der Waals surface area contributed by atoms with Gasteiger partial charge in [-0.1, -0.05) is 38.3 Å². The topological polar surface area (TPSA) is 32.3 Å². The van der Waals surface area contributed by atoms with E-state index in [4.69, 9.17) is 0 Å². The van der Waals surface area contributed by atoms with Gasteiger partial charge in [-0.15, -0.1) is 0 Å². The smallest absolute Gasteiger partial charge is 0.255 e. The Morgan fingerprint density at radius 2 is 1.90 bits per heavy atom. The maximum absolute atomic E-state index is 12.8. The van der Waals surface area contributed by atoms with Gasteiger partial charge in [0.25, 0.3) is 5.91 Å². The third-order valence-electron chi connectivity index (χ3n) is 3.98. The van der Waals surface area contributed by atoms with Crippen LogP contribution in [0.5, 0.6) is 0 Å². The van der Waals surface area contributed by atoms with Crippen molar-refractivity contribution in [1.82, 2.24) is 4.90 Å². The van der Waals surface area contributed by atoms with Gasteiger partial charge < -0.3 is 10.2 Å². The summed E-state index contributed by atoms with van der Waals surface area (Å²) in [5.41, 5.74) is 2.80. The average Bonchev–Trinajstić information content (AvgIpc) is 2.48. The van der Waals surface area contributed by atoms with Gasteiger partial charge in [-0.3, -0.25) is 4.79 Å². The Morgan fingerprint density at radius 1 is 1.25 bits per heavy atom. The molecule has 3 nitrogen and oxygen atoms in total. The van der Waals surface area contributed by atoms with E-state index in [1.807, 2.05) is 37.1 Å². The van der Waals surface area contributed by atoms with Crippen molar-refractivity contribution in [1.29, 1.82) is 0 Å². The number of nitrogens with zero attached hydrogens (tertiary/aromatic N) is 1. The van der Waals surface area contributed by atoms with Gasteiger partial charge in [-0.2, -0.15) is 0 Å². The first-order chi connectivity index (χ1) is 9.57. The summed E-state index contributed by atoms with van der Waals surface area (Å²) in [5.74, 6) is 0.717. The molecular formula is C17H28N2O. The lowest BCUT2D eigenvalue weighted by molar-refractivity contribution is 0.0736. The summed E-state index contributed by atoms with van der Waals surface area (Å²) < 4.78 is 0.